The molecule has 5 heteroatoms. The molecule has 3 aliphatic heterocycles. The Hall–Kier alpha value is -0.000000000000000111. The van der Waals surface area contributed by atoms with Crippen molar-refractivity contribution in [3.05, 3.63) is 0 Å². The van der Waals surface area contributed by atoms with E-state index in [4.69, 9.17) is 9.98 Å². The minimum Gasteiger partial charge on any atom is -0.281 e. The molecule has 4 aliphatic rings. The van der Waals surface area contributed by atoms with Crippen molar-refractivity contribution in [2.45, 2.75) is 55.9 Å². The van der Waals surface area contributed by atoms with Gasteiger partial charge in [-0.15, -0.1) is 11.8 Å². The molecule has 3 heterocycles. The summed E-state index contributed by atoms with van der Waals surface area (Å²) in [5.41, 5.74) is 0. The number of thioether (sulfide) groups is 2. The Morgan fingerprint density at radius 2 is 1.89 bits per heavy atom. The topological polar surface area (TPSA) is 36.8 Å². The van der Waals surface area contributed by atoms with Crippen LogP contribution in [0.1, 0.15) is 33.1 Å². The number of hydrogen-bond donors (Lipinski definition) is 1. The van der Waals surface area contributed by atoms with E-state index in [0.29, 0.717) is 22.8 Å². The second-order valence-corrected chi connectivity index (χ2v) is 8.49. The lowest BCUT2D eigenvalue weighted by Crippen LogP contribution is -2.58. The third kappa shape index (κ3) is 1.70. The van der Waals surface area contributed by atoms with Gasteiger partial charge in [0.2, 0.25) is 0 Å². The van der Waals surface area contributed by atoms with Crippen LogP contribution in [-0.4, -0.2) is 32.9 Å². The quantitative estimate of drug-likeness (QED) is 0.803. The second-order valence-electron chi connectivity index (χ2n) is 5.79. The SMILES string of the molecule is CC1=NC2C(NC3N=C(C)SC3C2C2CCC2)S1. The van der Waals surface area contributed by atoms with Gasteiger partial charge in [-0.3, -0.25) is 15.3 Å². The van der Waals surface area contributed by atoms with Gasteiger partial charge in [0.1, 0.15) is 6.17 Å². The molecule has 18 heavy (non-hydrogen) atoms. The van der Waals surface area contributed by atoms with Crippen LogP contribution in [0.4, 0.5) is 0 Å². The van der Waals surface area contributed by atoms with Crippen molar-refractivity contribution in [1.82, 2.24) is 5.32 Å². The molecule has 5 unspecified atom stereocenters. The van der Waals surface area contributed by atoms with Gasteiger partial charge in [0.15, 0.2) is 0 Å². The van der Waals surface area contributed by atoms with E-state index in [2.05, 4.69) is 19.2 Å². The maximum atomic E-state index is 4.93. The highest BCUT2D eigenvalue weighted by Crippen LogP contribution is 2.50. The van der Waals surface area contributed by atoms with Gasteiger partial charge in [0.25, 0.3) is 0 Å². The summed E-state index contributed by atoms with van der Waals surface area (Å²) < 4.78 is 0. The summed E-state index contributed by atoms with van der Waals surface area (Å²) >= 11 is 3.91. The summed E-state index contributed by atoms with van der Waals surface area (Å²) in [6.45, 7) is 4.31. The van der Waals surface area contributed by atoms with Crippen LogP contribution in [0.15, 0.2) is 9.98 Å². The zero-order chi connectivity index (χ0) is 12.3. The molecule has 0 spiro atoms. The monoisotopic (exact) mass is 281 g/mol. The Bertz CT molecular complexity index is 430. The minimum atomic E-state index is 0.343. The number of aliphatic imine (C=N–C) groups is 2. The fourth-order valence-corrected chi connectivity index (χ4v) is 6.22. The Kier molecular flexibility index (Phi) is 2.79. The summed E-state index contributed by atoms with van der Waals surface area (Å²) in [6, 6.07) is 0.496. The maximum absolute atomic E-state index is 4.93. The standard InChI is InChI=1S/C13H19N3S2/c1-6-14-10-9(8-4-3-5-8)11-12(15-7(2)17-11)16-13(10)18-6/h8-13,16H,3-5H2,1-2H3. The number of piperidine rings is 1. The summed E-state index contributed by atoms with van der Waals surface area (Å²) in [4.78, 5) is 9.72. The zero-order valence-corrected chi connectivity index (χ0v) is 12.4. The van der Waals surface area contributed by atoms with Crippen molar-refractivity contribution in [2.24, 2.45) is 21.8 Å². The Morgan fingerprint density at radius 1 is 1.11 bits per heavy atom. The van der Waals surface area contributed by atoms with Gasteiger partial charge in [0.05, 0.1) is 26.8 Å². The Morgan fingerprint density at radius 3 is 2.61 bits per heavy atom. The van der Waals surface area contributed by atoms with Crippen LogP contribution in [0.2, 0.25) is 0 Å². The molecule has 0 amide bonds. The third-order valence-corrected chi connectivity index (χ3v) is 7.09. The summed E-state index contributed by atoms with van der Waals surface area (Å²) in [5.74, 6) is 1.64. The Balaban J connectivity index is 1.66. The van der Waals surface area contributed by atoms with Crippen LogP contribution in [0.3, 0.4) is 0 Å². The van der Waals surface area contributed by atoms with Gasteiger partial charge in [0, 0.05) is 5.92 Å². The van der Waals surface area contributed by atoms with Crippen LogP contribution in [0.5, 0.6) is 0 Å². The average Bonchev–Trinajstić information content (AvgIpc) is 2.76. The summed E-state index contributed by atoms with van der Waals surface area (Å²) in [6.07, 6.45) is 4.59. The number of hydrogen-bond acceptors (Lipinski definition) is 5. The molecule has 5 atom stereocenters. The van der Waals surface area contributed by atoms with Crippen molar-refractivity contribution in [2.75, 3.05) is 0 Å². The summed E-state index contributed by atoms with van der Waals surface area (Å²) in [7, 11) is 0. The van der Waals surface area contributed by atoms with Gasteiger partial charge in [-0.25, -0.2) is 0 Å². The van der Waals surface area contributed by atoms with E-state index in [1.165, 1.54) is 29.3 Å². The second kappa shape index (κ2) is 4.25. The van der Waals surface area contributed by atoms with Gasteiger partial charge < -0.3 is 0 Å². The van der Waals surface area contributed by atoms with Crippen LogP contribution in [-0.2, 0) is 0 Å². The molecular weight excluding hydrogens is 262 g/mol. The molecule has 0 radical (unpaired) electrons. The highest BCUT2D eigenvalue weighted by atomic mass is 32.2. The van der Waals surface area contributed by atoms with E-state index >= 15 is 0 Å². The fourth-order valence-electron chi connectivity index (χ4n) is 3.70. The first-order valence-corrected chi connectivity index (χ1v) is 8.66. The van der Waals surface area contributed by atoms with E-state index in [1.54, 1.807) is 0 Å². The van der Waals surface area contributed by atoms with Gasteiger partial charge >= 0.3 is 0 Å². The first kappa shape index (κ1) is 11.8. The lowest BCUT2D eigenvalue weighted by atomic mass is 9.69. The third-order valence-electron chi connectivity index (χ3n) is 4.68. The van der Waals surface area contributed by atoms with Gasteiger partial charge in [-0.2, -0.15) is 0 Å². The van der Waals surface area contributed by atoms with Gasteiger partial charge in [-0.1, -0.05) is 31.0 Å². The molecule has 1 N–H and O–H groups in total. The van der Waals surface area contributed by atoms with E-state index in [1.807, 2.05) is 23.5 Å². The first-order valence-electron chi connectivity index (χ1n) is 6.90. The molecular formula is C13H19N3S2. The van der Waals surface area contributed by atoms with Crippen molar-refractivity contribution >= 4 is 33.6 Å². The smallest absolute Gasteiger partial charge is 0.114 e. The summed E-state index contributed by atoms with van der Waals surface area (Å²) in [5, 5.41) is 7.34. The Labute approximate surface area is 117 Å². The van der Waals surface area contributed by atoms with Crippen molar-refractivity contribution < 1.29 is 0 Å². The molecule has 0 aromatic heterocycles. The number of nitrogens with one attached hydrogen (secondary N) is 1. The van der Waals surface area contributed by atoms with Crippen LogP contribution in [0, 0.1) is 11.8 Å². The van der Waals surface area contributed by atoms with Crippen LogP contribution in [0.25, 0.3) is 0 Å². The van der Waals surface area contributed by atoms with E-state index in [9.17, 15) is 0 Å². The maximum Gasteiger partial charge on any atom is 0.114 e. The van der Waals surface area contributed by atoms with E-state index in [0.717, 1.165) is 11.8 Å². The molecule has 0 aromatic carbocycles. The molecule has 1 saturated carbocycles. The van der Waals surface area contributed by atoms with Crippen LogP contribution >= 0.6 is 23.5 Å². The largest absolute Gasteiger partial charge is 0.281 e. The van der Waals surface area contributed by atoms with Crippen molar-refractivity contribution in [3.63, 3.8) is 0 Å². The molecule has 0 aromatic rings. The predicted molar refractivity (Wildman–Crippen MR) is 80.5 cm³/mol. The highest BCUT2D eigenvalue weighted by molar-refractivity contribution is 8.15. The zero-order valence-electron chi connectivity index (χ0n) is 10.8. The average molecular weight is 281 g/mol. The fraction of sp³-hybridized carbons (Fsp3) is 0.846. The number of fused-ring (bicyclic) bond motifs is 2. The van der Waals surface area contributed by atoms with Crippen LogP contribution < -0.4 is 5.32 Å². The van der Waals surface area contributed by atoms with Crippen molar-refractivity contribution in [3.8, 4) is 0 Å². The normalized spacial score (nSPS) is 47.1. The molecule has 2 fully saturated rings. The number of rotatable bonds is 1. The van der Waals surface area contributed by atoms with E-state index < -0.39 is 0 Å². The van der Waals surface area contributed by atoms with Crippen molar-refractivity contribution in [1.29, 1.82) is 0 Å². The highest BCUT2D eigenvalue weighted by Gasteiger charge is 2.53. The predicted octanol–water partition coefficient (Wildman–Crippen LogP) is 2.73. The minimum absolute atomic E-state index is 0.343. The van der Waals surface area contributed by atoms with Gasteiger partial charge in [-0.05, 0) is 19.8 Å². The lowest BCUT2D eigenvalue weighted by molar-refractivity contribution is 0.133. The molecule has 4 rings (SSSR count). The molecule has 3 nitrogen and oxygen atoms in total. The molecule has 1 aliphatic carbocycles. The first-order chi connectivity index (χ1) is 8.72. The molecule has 98 valence electrons. The molecule has 0 bridgehead atoms. The van der Waals surface area contributed by atoms with E-state index in [-0.39, 0.29) is 0 Å². The number of nitrogens with zero attached hydrogens (tertiary/aromatic N) is 2. The molecule has 1 saturated heterocycles. The lowest BCUT2D eigenvalue weighted by Gasteiger charge is -2.46.